The van der Waals surface area contributed by atoms with Crippen LogP contribution in [0.5, 0.6) is 5.75 Å². The Morgan fingerprint density at radius 3 is 2.12 bits per heavy atom. The van der Waals surface area contributed by atoms with Gasteiger partial charge in [-0.3, -0.25) is 19.7 Å². The second-order valence-corrected chi connectivity index (χ2v) is 5.27. The molecule has 0 atom stereocenters. The molecule has 0 bridgehead atoms. The number of hydrogen-bond acceptors (Lipinski definition) is 6. The third kappa shape index (κ3) is 5.86. The quantitative estimate of drug-likeness (QED) is 0.600. The van der Waals surface area contributed by atoms with Crippen molar-refractivity contribution in [1.82, 2.24) is 5.32 Å². The first-order chi connectivity index (χ1) is 12.5. The highest BCUT2D eigenvalue weighted by atomic mass is 16.6. The molecule has 2 rings (SSSR count). The molecule has 2 amide bonds. The first kappa shape index (κ1) is 18.9. The van der Waals surface area contributed by atoms with E-state index in [0.717, 1.165) is 0 Å². The molecular formula is C19H17NO6. The van der Waals surface area contributed by atoms with Crippen molar-refractivity contribution in [1.29, 1.82) is 0 Å². The van der Waals surface area contributed by atoms with Gasteiger partial charge < -0.3 is 9.47 Å². The Labute approximate surface area is 149 Å². The number of carbonyl (C=O) groups is 4. The molecule has 0 aliphatic heterocycles. The van der Waals surface area contributed by atoms with Crippen LogP contribution in [0.4, 0.5) is 0 Å². The van der Waals surface area contributed by atoms with Crippen LogP contribution in [-0.4, -0.2) is 36.8 Å². The maximum absolute atomic E-state index is 11.8. The number of amides is 2. The fraction of sp³-hybridized carbons (Fsp3) is 0.158. The molecule has 7 nitrogen and oxygen atoms in total. The Bertz CT molecular complexity index is 799. The van der Waals surface area contributed by atoms with Crippen molar-refractivity contribution in [2.45, 2.75) is 6.92 Å². The standard InChI is InChI=1S/C19H17NO6/c1-13(21)14-7-9-16(10-8-14)25-12-18(23)26-11-17(22)20-19(24)15-5-3-2-4-6-15/h2-10H,11-12H2,1H3,(H,20,22,24). The van der Waals surface area contributed by atoms with E-state index in [1.54, 1.807) is 54.6 Å². The molecule has 134 valence electrons. The van der Waals surface area contributed by atoms with Gasteiger partial charge in [0.2, 0.25) is 0 Å². The van der Waals surface area contributed by atoms with Gasteiger partial charge in [-0.05, 0) is 43.3 Å². The van der Waals surface area contributed by atoms with E-state index in [1.807, 2.05) is 0 Å². The monoisotopic (exact) mass is 355 g/mol. The van der Waals surface area contributed by atoms with Gasteiger partial charge in [0.05, 0.1) is 0 Å². The van der Waals surface area contributed by atoms with Gasteiger partial charge in [0.15, 0.2) is 19.0 Å². The van der Waals surface area contributed by atoms with Crippen LogP contribution in [-0.2, 0) is 14.3 Å². The van der Waals surface area contributed by atoms with Crippen molar-refractivity contribution in [2.24, 2.45) is 0 Å². The molecule has 1 N–H and O–H groups in total. The lowest BCUT2D eigenvalue weighted by molar-refractivity contribution is -0.150. The molecule has 0 saturated heterocycles. The number of carbonyl (C=O) groups excluding carboxylic acids is 4. The summed E-state index contributed by atoms with van der Waals surface area (Å²) in [7, 11) is 0. The van der Waals surface area contributed by atoms with Crippen LogP contribution < -0.4 is 10.1 Å². The minimum atomic E-state index is -0.761. The summed E-state index contributed by atoms with van der Waals surface area (Å²) in [4.78, 5) is 46.1. The van der Waals surface area contributed by atoms with Gasteiger partial charge in [-0.2, -0.15) is 0 Å². The number of nitrogens with one attached hydrogen (secondary N) is 1. The zero-order valence-corrected chi connectivity index (χ0v) is 14.1. The average molecular weight is 355 g/mol. The van der Waals surface area contributed by atoms with Crippen molar-refractivity contribution in [3.63, 3.8) is 0 Å². The fourth-order valence-electron chi connectivity index (χ4n) is 1.94. The molecule has 0 aromatic heterocycles. The second-order valence-electron chi connectivity index (χ2n) is 5.27. The largest absolute Gasteiger partial charge is 0.482 e. The molecule has 2 aromatic carbocycles. The van der Waals surface area contributed by atoms with Gasteiger partial charge in [0.25, 0.3) is 11.8 Å². The van der Waals surface area contributed by atoms with Gasteiger partial charge in [0.1, 0.15) is 5.75 Å². The SMILES string of the molecule is CC(=O)c1ccc(OCC(=O)OCC(=O)NC(=O)c2ccccc2)cc1. The Morgan fingerprint density at radius 2 is 1.50 bits per heavy atom. The first-order valence-electron chi connectivity index (χ1n) is 7.74. The molecule has 0 radical (unpaired) electrons. The summed E-state index contributed by atoms with van der Waals surface area (Å²) in [6.07, 6.45) is 0. The Balaban J connectivity index is 1.71. The van der Waals surface area contributed by atoms with Crippen LogP contribution in [0.2, 0.25) is 0 Å². The predicted molar refractivity (Wildman–Crippen MR) is 91.8 cm³/mol. The van der Waals surface area contributed by atoms with E-state index in [0.29, 0.717) is 16.9 Å². The highest BCUT2D eigenvalue weighted by Crippen LogP contribution is 2.12. The van der Waals surface area contributed by atoms with Gasteiger partial charge >= 0.3 is 5.97 Å². The highest BCUT2D eigenvalue weighted by molar-refractivity contribution is 6.05. The van der Waals surface area contributed by atoms with Crippen LogP contribution >= 0.6 is 0 Å². The lowest BCUT2D eigenvalue weighted by Gasteiger charge is -2.08. The minimum absolute atomic E-state index is 0.0768. The number of ether oxygens (including phenoxy) is 2. The van der Waals surface area contributed by atoms with Gasteiger partial charge in [0, 0.05) is 11.1 Å². The maximum Gasteiger partial charge on any atom is 0.344 e. The van der Waals surface area contributed by atoms with E-state index >= 15 is 0 Å². The first-order valence-corrected chi connectivity index (χ1v) is 7.74. The van der Waals surface area contributed by atoms with Crippen LogP contribution in [0.3, 0.4) is 0 Å². The number of Topliss-reactive ketones (excluding diaryl/α,β-unsaturated/α-hetero) is 1. The summed E-state index contributed by atoms with van der Waals surface area (Å²) in [5.41, 5.74) is 0.851. The smallest absolute Gasteiger partial charge is 0.344 e. The van der Waals surface area contributed by atoms with Crippen molar-refractivity contribution < 1.29 is 28.7 Å². The molecular weight excluding hydrogens is 338 g/mol. The van der Waals surface area contributed by atoms with E-state index in [4.69, 9.17) is 9.47 Å². The second kappa shape index (κ2) is 9.12. The summed E-state index contributed by atoms with van der Waals surface area (Å²) >= 11 is 0. The zero-order chi connectivity index (χ0) is 18.9. The van der Waals surface area contributed by atoms with E-state index in [9.17, 15) is 19.2 Å². The number of ketones is 1. The maximum atomic E-state index is 11.8. The topological polar surface area (TPSA) is 98.8 Å². The molecule has 0 spiro atoms. The summed E-state index contributed by atoms with van der Waals surface area (Å²) < 4.78 is 9.94. The highest BCUT2D eigenvalue weighted by Gasteiger charge is 2.12. The number of rotatable bonds is 7. The van der Waals surface area contributed by atoms with Crippen molar-refractivity contribution in [2.75, 3.05) is 13.2 Å². The number of benzene rings is 2. The third-order valence-electron chi connectivity index (χ3n) is 3.27. The van der Waals surface area contributed by atoms with Crippen LogP contribution in [0.15, 0.2) is 54.6 Å². The van der Waals surface area contributed by atoms with Crippen LogP contribution in [0.25, 0.3) is 0 Å². The molecule has 0 aliphatic rings. The van der Waals surface area contributed by atoms with Crippen molar-refractivity contribution in [3.8, 4) is 5.75 Å². The van der Waals surface area contributed by atoms with Crippen molar-refractivity contribution in [3.05, 3.63) is 65.7 Å². The van der Waals surface area contributed by atoms with Crippen molar-refractivity contribution >= 4 is 23.6 Å². The summed E-state index contributed by atoms with van der Waals surface area (Å²) in [6, 6.07) is 14.4. The molecule has 26 heavy (non-hydrogen) atoms. The Morgan fingerprint density at radius 1 is 0.846 bits per heavy atom. The van der Waals surface area contributed by atoms with E-state index in [1.165, 1.54) is 6.92 Å². The number of esters is 1. The Kier molecular flexibility index (Phi) is 6.61. The summed E-state index contributed by atoms with van der Waals surface area (Å²) in [6.45, 7) is 0.449. The van der Waals surface area contributed by atoms with E-state index in [2.05, 4.69) is 5.32 Å². The fourth-order valence-corrected chi connectivity index (χ4v) is 1.94. The van der Waals surface area contributed by atoms with E-state index < -0.39 is 31.0 Å². The van der Waals surface area contributed by atoms with Gasteiger partial charge in [-0.25, -0.2) is 4.79 Å². The normalized spacial score (nSPS) is 9.88. The summed E-state index contributed by atoms with van der Waals surface area (Å²) in [5, 5.41) is 2.11. The molecule has 2 aromatic rings. The minimum Gasteiger partial charge on any atom is -0.482 e. The van der Waals surface area contributed by atoms with Gasteiger partial charge in [-0.1, -0.05) is 18.2 Å². The zero-order valence-electron chi connectivity index (χ0n) is 14.1. The molecule has 0 fully saturated rings. The molecule has 7 heteroatoms. The van der Waals surface area contributed by atoms with Gasteiger partial charge in [-0.15, -0.1) is 0 Å². The number of imide groups is 1. The molecule has 0 heterocycles. The van der Waals surface area contributed by atoms with Crippen LogP contribution in [0.1, 0.15) is 27.6 Å². The molecule has 0 saturated carbocycles. The van der Waals surface area contributed by atoms with E-state index in [-0.39, 0.29) is 5.78 Å². The average Bonchev–Trinajstić information content (AvgIpc) is 2.65. The number of hydrogen-bond donors (Lipinski definition) is 1. The lowest BCUT2D eigenvalue weighted by Crippen LogP contribution is -2.34. The van der Waals surface area contributed by atoms with Crippen LogP contribution in [0, 0.1) is 0 Å². The summed E-state index contributed by atoms with van der Waals surface area (Å²) in [5.74, 6) is -1.77. The molecule has 0 aliphatic carbocycles. The third-order valence-corrected chi connectivity index (χ3v) is 3.27. The lowest BCUT2D eigenvalue weighted by atomic mass is 10.1. The Hall–Kier alpha value is -3.48. The molecule has 0 unspecified atom stereocenters. The predicted octanol–water partition coefficient (Wildman–Crippen LogP) is 1.77.